The van der Waals surface area contributed by atoms with Gasteiger partial charge < -0.3 is 4.74 Å². The highest BCUT2D eigenvalue weighted by atomic mass is 16.6. The summed E-state index contributed by atoms with van der Waals surface area (Å²) in [6.07, 6.45) is 0.273. The van der Waals surface area contributed by atoms with Gasteiger partial charge in [-0.25, -0.2) is 5.90 Å². The molecular weight excluding hydrogens is 150 g/mol. The van der Waals surface area contributed by atoms with Crippen LogP contribution in [0.25, 0.3) is 10.4 Å². The molecule has 0 fully saturated rings. The fourth-order valence-corrected chi connectivity index (χ4v) is 0.418. The lowest BCUT2D eigenvalue weighted by molar-refractivity contribution is 0.0239. The van der Waals surface area contributed by atoms with Crippen molar-refractivity contribution in [2.45, 2.75) is 6.10 Å². The monoisotopic (exact) mass is 159 g/mol. The smallest absolute Gasteiger partial charge is 0.166 e. The van der Waals surface area contributed by atoms with Crippen molar-refractivity contribution in [1.29, 1.82) is 5.41 Å². The Morgan fingerprint density at radius 1 is 1.82 bits per heavy atom. The molecule has 0 heterocycles. The summed E-state index contributed by atoms with van der Waals surface area (Å²) in [6, 6.07) is 0. The summed E-state index contributed by atoms with van der Waals surface area (Å²) in [4.78, 5) is 6.87. The van der Waals surface area contributed by atoms with E-state index in [0.717, 1.165) is 6.40 Å². The minimum Gasteiger partial charge on any atom is -0.481 e. The van der Waals surface area contributed by atoms with Crippen LogP contribution >= 0.6 is 0 Å². The molecule has 3 N–H and O–H groups in total. The van der Waals surface area contributed by atoms with E-state index >= 15 is 0 Å². The van der Waals surface area contributed by atoms with Crippen LogP contribution < -0.4 is 5.90 Å². The molecule has 0 amide bonds. The van der Waals surface area contributed by atoms with Crippen molar-refractivity contribution in [3.63, 3.8) is 0 Å². The molecule has 0 bridgehead atoms. The van der Waals surface area contributed by atoms with Crippen molar-refractivity contribution >= 4 is 6.40 Å². The Bertz CT molecular complexity index is 155. The number of azide groups is 1. The molecule has 11 heavy (non-hydrogen) atoms. The Balaban J connectivity index is 3.56. The number of nitrogens with two attached hydrogens (primary N) is 1. The van der Waals surface area contributed by atoms with Gasteiger partial charge in [-0.1, -0.05) is 5.11 Å². The summed E-state index contributed by atoms with van der Waals surface area (Å²) in [5, 5.41) is 9.72. The third kappa shape index (κ3) is 5.16. The average molecular weight is 159 g/mol. The SMILES string of the molecule is [N-]=[N+]=NCC(COC=N)ON. The summed E-state index contributed by atoms with van der Waals surface area (Å²) >= 11 is 0. The molecule has 0 spiro atoms. The average Bonchev–Trinajstić information content (AvgIpc) is 2.05. The van der Waals surface area contributed by atoms with Crippen molar-refractivity contribution in [3.8, 4) is 0 Å². The van der Waals surface area contributed by atoms with Crippen LogP contribution in [0.5, 0.6) is 0 Å². The van der Waals surface area contributed by atoms with E-state index in [1.54, 1.807) is 0 Å². The van der Waals surface area contributed by atoms with Crippen LogP contribution in [0.1, 0.15) is 0 Å². The normalized spacial score (nSPS) is 11.4. The maximum Gasteiger partial charge on any atom is 0.166 e. The minimum atomic E-state index is -0.493. The van der Waals surface area contributed by atoms with Gasteiger partial charge in [-0.15, -0.1) is 0 Å². The summed E-state index contributed by atoms with van der Waals surface area (Å²) in [5.41, 5.74) is 7.91. The van der Waals surface area contributed by atoms with Gasteiger partial charge in [0.1, 0.15) is 12.7 Å². The number of nitrogens with one attached hydrogen (secondary N) is 1. The molecule has 0 aromatic carbocycles. The Morgan fingerprint density at radius 3 is 3.00 bits per heavy atom. The molecule has 0 aliphatic rings. The van der Waals surface area contributed by atoms with E-state index in [1.807, 2.05) is 0 Å². The first-order valence-electron chi connectivity index (χ1n) is 2.82. The van der Waals surface area contributed by atoms with Gasteiger partial charge in [0.15, 0.2) is 6.40 Å². The molecule has 7 nitrogen and oxygen atoms in total. The van der Waals surface area contributed by atoms with Crippen molar-refractivity contribution in [1.82, 2.24) is 0 Å². The largest absolute Gasteiger partial charge is 0.481 e. The van der Waals surface area contributed by atoms with E-state index in [-0.39, 0.29) is 13.2 Å². The van der Waals surface area contributed by atoms with Gasteiger partial charge >= 0.3 is 0 Å². The van der Waals surface area contributed by atoms with E-state index < -0.39 is 6.10 Å². The molecule has 7 heteroatoms. The quantitative estimate of drug-likeness (QED) is 0.144. The second-order valence-electron chi connectivity index (χ2n) is 1.62. The summed E-state index contributed by atoms with van der Waals surface area (Å²) in [5.74, 6) is 4.82. The molecule has 0 aliphatic carbocycles. The van der Waals surface area contributed by atoms with Crippen molar-refractivity contribution in [2.75, 3.05) is 13.2 Å². The van der Waals surface area contributed by atoms with Gasteiger partial charge in [-0.3, -0.25) is 10.2 Å². The maximum atomic E-state index is 7.91. The molecule has 62 valence electrons. The summed E-state index contributed by atoms with van der Waals surface area (Å²) < 4.78 is 4.54. The van der Waals surface area contributed by atoms with Gasteiger partial charge in [0.05, 0.1) is 6.54 Å². The van der Waals surface area contributed by atoms with Crippen molar-refractivity contribution < 1.29 is 9.57 Å². The molecule has 0 saturated heterocycles. The predicted molar refractivity (Wildman–Crippen MR) is 37.8 cm³/mol. The molecule has 1 atom stereocenters. The summed E-state index contributed by atoms with van der Waals surface area (Å²) in [7, 11) is 0. The molecule has 0 radical (unpaired) electrons. The van der Waals surface area contributed by atoms with Gasteiger partial charge in [0, 0.05) is 4.91 Å². The van der Waals surface area contributed by atoms with Crippen LogP contribution in [0.2, 0.25) is 0 Å². The molecule has 0 aliphatic heterocycles. The Labute approximate surface area is 63.2 Å². The molecule has 0 rings (SSSR count). The topological polar surface area (TPSA) is 117 Å². The number of hydrogen-bond donors (Lipinski definition) is 2. The Morgan fingerprint density at radius 2 is 2.55 bits per heavy atom. The van der Waals surface area contributed by atoms with Gasteiger partial charge in [-0.2, -0.15) is 0 Å². The van der Waals surface area contributed by atoms with Gasteiger partial charge in [-0.05, 0) is 5.53 Å². The van der Waals surface area contributed by atoms with Crippen LogP contribution in [0.4, 0.5) is 0 Å². The predicted octanol–water partition coefficient (Wildman–Crippen LogP) is 0.179. The maximum absolute atomic E-state index is 7.91. The second kappa shape index (κ2) is 6.81. The zero-order valence-corrected chi connectivity index (χ0v) is 5.80. The van der Waals surface area contributed by atoms with Crippen molar-refractivity contribution in [3.05, 3.63) is 10.4 Å². The van der Waals surface area contributed by atoms with Crippen molar-refractivity contribution in [2.24, 2.45) is 11.0 Å². The molecule has 0 saturated carbocycles. The lowest BCUT2D eigenvalue weighted by Gasteiger charge is -2.09. The molecular formula is C4H9N5O2. The van der Waals surface area contributed by atoms with E-state index in [1.165, 1.54) is 0 Å². The first-order valence-corrected chi connectivity index (χ1v) is 2.82. The Hall–Kier alpha value is -1.30. The van der Waals surface area contributed by atoms with Gasteiger partial charge in [0.25, 0.3) is 0 Å². The lowest BCUT2D eigenvalue weighted by atomic mass is 10.4. The first kappa shape index (κ1) is 9.70. The minimum absolute atomic E-state index is 0.0981. The highest BCUT2D eigenvalue weighted by molar-refractivity contribution is 5.40. The number of nitrogens with zero attached hydrogens (tertiary/aromatic N) is 3. The van der Waals surface area contributed by atoms with E-state index in [4.69, 9.17) is 16.8 Å². The Kier molecular flexibility index (Phi) is 6.01. The number of ether oxygens (including phenoxy) is 1. The fraction of sp³-hybridized carbons (Fsp3) is 0.750. The van der Waals surface area contributed by atoms with Crippen LogP contribution in [0.3, 0.4) is 0 Å². The fourth-order valence-electron chi connectivity index (χ4n) is 0.418. The third-order valence-corrected chi connectivity index (χ3v) is 0.906. The standard InChI is InChI=1S/C4H9N5O2/c5-3-10-2-4(11-7)1-8-9-6/h3-5H,1-2,7H2. The molecule has 1 unspecified atom stereocenters. The first-order chi connectivity index (χ1) is 5.35. The van der Waals surface area contributed by atoms with Crippen LogP contribution in [-0.2, 0) is 9.57 Å². The van der Waals surface area contributed by atoms with E-state index in [2.05, 4.69) is 19.6 Å². The lowest BCUT2D eigenvalue weighted by Crippen LogP contribution is -2.25. The molecule has 0 aromatic heterocycles. The zero-order valence-electron chi connectivity index (χ0n) is 5.80. The van der Waals surface area contributed by atoms with Crippen LogP contribution in [0.15, 0.2) is 5.11 Å². The van der Waals surface area contributed by atoms with Gasteiger partial charge in [0.2, 0.25) is 0 Å². The van der Waals surface area contributed by atoms with Crippen LogP contribution in [0, 0.1) is 5.41 Å². The number of hydrogen-bond acceptors (Lipinski definition) is 5. The summed E-state index contributed by atoms with van der Waals surface area (Å²) in [6.45, 7) is 0.208. The second-order valence-corrected chi connectivity index (χ2v) is 1.62. The third-order valence-electron chi connectivity index (χ3n) is 0.906. The van der Waals surface area contributed by atoms with Crippen LogP contribution in [-0.4, -0.2) is 25.7 Å². The number of rotatable bonds is 6. The highest BCUT2D eigenvalue weighted by Crippen LogP contribution is 1.89. The zero-order chi connectivity index (χ0) is 8.53. The molecule has 0 aromatic rings. The highest BCUT2D eigenvalue weighted by Gasteiger charge is 2.05. The van der Waals surface area contributed by atoms with E-state index in [0.29, 0.717) is 0 Å². The van der Waals surface area contributed by atoms with E-state index in [9.17, 15) is 0 Å².